The van der Waals surface area contributed by atoms with Gasteiger partial charge < -0.3 is 4.74 Å². The second-order valence-electron chi connectivity index (χ2n) is 5.67. The first-order valence-electron chi connectivity index (χ1n) is 7.67. The molecule has 1 aliphatic heterocycles. The van der Waals surface area contributed by atoms with E-state index in [9.17, 15) is 14.4 Å². The minimum Gasteiger partial charge on any atom is -0.480 e. The summed E-state index contributed by atoms with van der Waals surface area (Å²) < 4.78 is 5.68. The highest BCUT2D eigenvalue weighted by Crippen LogP contribution is 2.27. The largest absolute Gasteiger partial charge is 0.480 e. The maximum atomic E-state index is 12.1. The number of carbonyl (C=O) groups excluding carboxylic acids is 3. The molecular formula is C16H19ClN4O4. The number of rotatable bonds is 4. The molecular weight excluding hydrogens is 348 g/mol. The lowest BCUT2D eigenvalue weighted by Crippen LogP contribution is -2.50. The third-order valence-electron chi connectivity index (χ3n) is 3.55. The molecule has 1 atom stereocenters. The molecule has 1 heterocycles. The van der Waals surface area contributed by atoms with Crippen LogP contribution >= 0.6 is 11.6 Å². The van der Waals surface area contributed by atoms with Gasteiger partial charge in [-0.25, -0.2) is 5.43 Å². The number of nitrogens with one attached hydrogen (secondary N) is 3. The Hall–Kier alpha value is -2.61. The van der Waals surface area contributed by atoms with Crippen molar-refractivity contribution >= 4 is 35.0 Å². The Balaban J connectivity index is 1.91. The fourth-order valence-corrected chi connectivity index (χ4v) is 2.57. The molecule has 0 spiro atoms. The Bertz CT molecular complexity index is 725. The fourth-order valence-electron chi connectivity index (χ4n) is 2.24. The van der Waals surface area contributed by atoms with Crippen molar-refractivity contribution in [3.63, 3.8) is 0 Å². The van der Waals surface area contributed by atoms with Crippen LogP contribution in [0.4, 0.5) is 0 Å². The van der Waals surface area contributed by atoms with E-state index in [2.05, 4.69) is 21.4 Å². The maximum absolute atomic E-state index is 12.1. The number of hydrazine groups is 1. The summed E-state index contributed by atoms with van der Waals surface area (Å²) in [7, 11) is 0. The van der Waals surface area contributed by atoms with Crippen molar-refractivity contribution < 1.29 is 19.1 Å². The predicted octanol–water partition coefficient (Wildman–Crippen LogP) is 1.14. The van der Waals surface area contributed by atoms with E-state index in [0.29, 0.717) is 10.8 Å². The van der Waals surface area contributed by atoms with Crippen molar-refractivity contribution in [3.8, 4) is 5.75 Å². The van der Waals surface area contributed by atoms with Gasteiger partial charge in [0.1, 0.15) is 11.5 Å². The zero-order valence-electron chi connectivity index (χ0n) is 14.1. The van der Waals surface area contributed by atoms with Crippen molar-refractivity contribution in [1.82, 2.24) is 16.3 Å². The van der Waals surface area contributed by atoms with Gasteiger partial charge in [-0.3, -0.25) is 25.2 Å². The number of carbonyl (C=O) groups is 3. The predicted molar refractivity (Wildman–Crippen MR) is 92.1 cm³/mol. The van der Waals surface area contributed by atoms with Gasteiger partial charge in [0, 0.05) is 17.9 Å². The molecule has 0 fully saturated rings. The highest BCUT2D eigenvalue weighted by atomic mass is 35.5. The first-order chi connectivity index (χ1) is 11.8. The second-order valence-corrected chi connectivity index (χ2v) is 6.10. The number of amides is 3. The summed E-state index contributed by atoms with van der Waals surface area (Å²) in [5.41, 5.74) is 8.49. The molecule has 134 valence electrons. The van der Waals surface area contributed by atoms with Crippen LogP contribution in [-0.2, 0) is 14.4 Å². The first kappa shape index (κ1) is 18.7. The third-order valence-corrected chi connectivity index (χ3v) is 3.77. The van der Waals surface area contributed by atoms with Crippen LogP contribution in [0.25, 0.3) is 0 Å². The van der Waals surface area contributed by atoms with Gasteiger partial charge in [-0.05, 0) is 44.0 Å². The molecule has 0 radical (unpaired) electrons. The molecule has 3 N–H and O–H groups in total. The Morgan fingerprint density at radius 2 is 1.88 bits per heavy atom. The molecule has 8 nitrogen and oxygen atoms in total. The van der Waals surface area contributed by atoms with Crippen LogP contribution in [0.5, 0.6) is 5.75 Å². The topological polar surface area (TPSA) is 109 Å². The molecule has 0 saturated heterocycles. The summed E-state index contributed by atoms with van der Waals surface area (Å²) in [6.45, 7) is 5.22. The number of ether oxygens (including phenoxy) is 1. The van der Waals surface area contributed by atoms with E-state index in [0.717, 1.165) is 11.1 Å². The van der Waals surface area contributed by atoms with Gasteiger partial charge in [-0.15, -0.1) is 0 Å². The number of nitrogens with zero attached hydrogens (tertiary/aromatic N) is 1. The van der Waals surface area contributed by atoms with E-state index < -0.39 is 17.9 Å². The van der Waals surface area contributed by atoms with Crippen LogP contribution in [0.15, 0.2) is 17.2 Å². The summed E-state index contributed by atoms with van der Waals surface area (Å²) in [4.78, 5) is 35.0. The summed E-state index contributed by atoms with van der Waals surface area (Å²) in [6, 6.07) is 3.48. The van der Waals surface area contributed by atoms with E-state index in [1.54, 1.807) is 19.1 Å². The molecule has 25 heavy (non-hydrogen) atoms. The fraction of sp³-hybridized carbons (Fsp3) is 0.375. The Morgan fingerprint density at radius 1 is 1.24 bits per heavy atom. The minimum absolute atomic E-state index is 0.137. The standard InChI is InChI=1S/C16H19ClN4O4/c1-8-6-11(17)7-9(2)14(8)25-10(3)15(23)20-21-16(24)12-4-5-13(22)19-18-12/h6-7,10H,4-5H2,1-3H3,(H,19,22)(H,20,23)(H,21,24). The Kier molecular flexibility index (Phi) is 5.97. The zero-order chi connectivity index (χ0) is 18.6. The van der Waals surface area contributed by atoms with Crippen molar-refractivity contribution in [2.75, 3.05) is 0 Å². The van der Waals surface area contributed by atoms with E-state index in [4.69, 9.17) is 16.3 Å². The van der Waals surface area contributed by atoms with Crippen molar-refractivity contribution in [2.24, 2.45) is 5.10 Å². The van der Waals surface area contributed by atoms with Crippen LogP contribution in [0.1, 0.15) is 30.9 Å². The lowest BCUT2D eigenvalue weighted by Gasteiger charge is -2.19. The minimum atomic E-state index is -0.841. The SMILES string of the molecule is Cc1cc(Cl)cc(C)c1OC(C)C(=O)NNC(=O)C1=NNC(=O)CC1. The zero-order valence-corrected chi connectivity index (χ0v) is 14.9. The molecule has 0 aliphatic carbocycles. The van der Waals surface area contributed by atoms with E-state index in [1.165, 1.54) is 0 Å². The van der Waals surface area contributed by atoms with Crippen molar-refractivity contribution in [1.29, 1.82) is 0 Å². The van der Waals surface area contributed by atoms with Crippen LogP contribution in [0.2, 0.25) is 5.02 Å². The van der Waals surface area contributed by atoms with Gasteiger partial charge >= 0.3 is 0 Å². The number of hydrogen-bond acceptors (Lipinski definition) is 5. The molecule has 1 aromatic rings. The normalized spacial score (nSPS) is 14.9. The van der Waals surface area contributed by atoms with Gasteiger partial charge in [0.15, 0.2) is 6.10 Å². The number of hydrazone groups is 1. The highest BCUT2D eigenvalue weighted by molar-refractivity contribution is 6.39. The summed E-state index contributed by atoms with van der Waals surface area (Å²) in [5.74, 6) is -0.795. The van der Waals surface area contributed by atoms with Gasteiger partial charge in [-0.1, -0.05) is 11.6 Å². The molecule has 2 rings (SSSR count). The quantitative estimate of drug-likeness (QED) is 0.694. The van der Waals surface area contributed by atoms with Gasteiger partial charge in [0.05, 0.1) is 0 Å². The smallest absolute Gasteiger partial charge is 0.285 e. The van der Waals surface area contributed by atoms with Crippen molar-refractivity contribution in [2.45, 2.75) is 39.7 Å². The van der Waals surface area contributed by atoms with Crippen LogP contribution in [0.3, 0.4) is 0 Å². The lowest BCUT2D eigenvalue weighted by molar-refractivity contribution is -0.131. The van der Waals surface area contributed by atoms with Crippen LogP contribution < -0.4 is 21.0 Å². The number of hydrogen-bond donors (Lipinski definition) is 3. The third kappa shape index (κ3) is 4.93. The average Bonchev–Trinajstić information content (AvgIpc) is 2.56. The summed E-state index contributed by atoms with van der Waals surface area (Å²) in [5, 5.41) is 4.23. The highest BCUT2D eigenvalue weighted by Gasteiger charge is 2.21. The average molecular weight is 367 g/mol. The number of benzene rings is 1. The van der Waals surface area contributed by atoms with Crippen LogP contribution in [-0.4, -0.2) is 29.5 Å². The molecule has 1 aromatic carbocycles. The molecule has 0 saturated carbocycles. The first-order valence-corrected chi connectivity index (χ1v) is 8.04. The Labute approximate surface area is 149 Å². The van der Waals surface area contributed by atoms with Gasteiger partial charge in [0.2, 0.25) is 5.91 Å². The van der Waals surface area contributed by atoms with Gasteiger partial charge in [-0.2, -0.15) is 5.10 Å². The molecule has 3 amide bonds. The van der Waals surface area contributed by atoms with Crippen molar-refractivity contribution in [3.05, 3.63) is 28.3 Å². The summed E-state index contributed by atoms with van der Waals surface area (Å²) >= 11 is 5.97. The molecule has 1 unspecified atom stereocenters. The Morgan fingerprint density at radius 3 is 2.44 bits per heavy atom. The van der Waals surface area contributed by atoms with E-state index in [-0.39, 0.29) is 24.5 Å². The molecule has 0 bridgehead atoms. The van der Waals surface area contributed by atoms with E-state index >= 15 is 0 Å². The van der Waals surface area contributed by atoms with E-state index in [1.807, 2.05) is 13.8 Å². The lowest BCUT2D eigenvalue weighted by atomic mass is 10.1. The number of halogens is 1. The van der Waals surface area contributed by atoms with Crippen LogP contribution in [0, 0.1) is 13.8 Å². The molecule has 1 aliphatic rings. The molecule has 9 heteroatoms. The van der Waals surface area contributed by atoms with Gasteiger partial charge in [0.25, 0.3) is 11.8 Å². The summed E-state index contributed by atoms with van der Waals surface area (Å²) in [6.07, 6.45) is -0.454. The monoisotopic (exact) mass is 366 g/mol. The number of aryl methyl sites for hydroxylation is 2. The second kappa shape index (κ2) is 7.98. The molecule has 0 aromatic heterocycles. The maximum Gasteiger partial charge on any atom is 0.285 e.